The van der Waals surface area contributed by atoms with E-state index in [-0.39, 0.29) is 41.4 Å². The number of esters is 2. The zero-order valence-electron chi connectivity index (χ0n) is 20.1. The number of hydrogen-bond acceptors (Lipinski definition) is 10. The number of carbonyl (C=O) groups excluding carboxylic acids is 4. The van der Waals surface area contributed by atoms with Gasteiger partial charge in [0.25, 0.3) is 0 Å². The molecule has 1 aliphatic heterocycles. The molecule has 1 aromatic rings. The molecular weight excluding hydrogens is 460 g/mol. The molecule has 0 saturated carbocycles. The predicted molar refractivity (Wildman–Crippen MR) is 124 cm³/mol. The van der Waals surface area contributed by atoms with Crippen LogP contribution in [0.5, 0.6) is 11.5 Å². The number of ketones is 2. The van der Waals surface area contributed by atoms with Crippen molar-refractivity contribution in [1.29, 1.82) is 0 Å². The van der Waals surface area contributed by atoms with Gasteiger partial charge in [-0.1, -0.05) is 25.2 Å². The van der Waals surface area contributed by atoms with Gasteiger partial charge in [0.2, 0.25) is 0 Å². The molecule has 1 aromatic carbocycles. The van der Waals surface area contributed by atoms with Gasteiger partial charge in [-0.15, -0.1) is 0 Å². The summed E-state index contributed by atoms with van der Waals surface area (Å²) in [6, 6.07) is 2.82. The van der Waals surface area contributed by atoms with Gasteiger partial charge in [-0.2, -0.15) is 0 Å². The first-order valence-electron chi connectivity index (χ1n) is 11.0. The summed E-state index contributed by atoms with van der Waals surface area (Å²) in [6.45, 7) is 3.94. The van der Waals surface area contributed by atoms with Gasteiger partial charge in [0.1, 0.15) is 35.9 Å². The van der Waals surface area contributed by atoms with Crippen LogP contribution in [0, 0.1) is 5.92 Å². The molecule has 0 spiro atoms. The van der Waals surface area contributed by atoms with Gasteiger partial charge in [-0.3, -0.25) is 9.59 Å². The quantitative estimate of drug-likeness (QED) is 0.565. The second kappa shape index (κ2) is 12.8. The highest BCUT2D eigenvalue weighted by Gasteiger charge is 2.26. The minimum Gasteiger partial charge on any atom is -0.486 e. The minimum atomic E-state index is -1.63. The van der Waals surface area contributed by atoms with Crippen molar-refractivity contribution in [1.82, 2.24) is 0 Å². The Morgan fingerprint density at radius 3 is 2.46 bits per heavy atom. The Kier molecular flexibility index (Phi) is 10.2. The molecule has 35 heavy (non-hydrogen) atoms. The summed E-state index contributed by atoms with van der Waals surface area (Å²) < 4.78 is 21.2. The fraction of sp³-hybridized carbons (Fsp3) is 0.440. The lowest BCUT2D eigenvalue weighted by atomic mass is 9.99. The number of aliphatic hydroxyl groups is 2. The van der Waals surface area contributed by atoms with Gasteiger partial charge in [0.15, 0.2) is 18.2 Å². The molecule has 2 N–H and O–H groups in total. The summed E-state index contributed by atoms with van der Waals surface area (Å²) in [5.41, 5.74) is 0.225. The van der Waals surface area contributed by atoms with Gasteiger partial charge >= 0.3 is 11.9 Å². The smallest absolute Gasteiger partial charge is 0.343 e. The highest BCUT2D eigenvalue weighted by molar-refractivity contribution is 5.97. The number of ether oxygens (including phenoxy) is 4. The molecule has 0 radical (unpaired) electrons. The SMILES string of the molecule is COC(=O)COc1cc(OCC(C)=O)cc2c1C(=O)O[C@@H](C)[C@H](C)/C=C\C(=O)[C@@H](O)[C@@H](O)C/C=C/2. The van der Waals surface area contributed by atoms with Crippen LogP contribution in [0.4, 0.5) is 0 Å². The maximum Gasteiger partial charge on any atom is 0.343 e. The fourth-order valence-electron chi connectivity index (χ4n) is 3.03. The van der Waals surface area contributed by atoms with E-state index in [0.717, 1.165) is 6.08 Å². The second-order valence-electron chi connectivity index (χ2n) is 8.12. The van der Waals surface area contributed by atoms with Crippen molar-refractivity contribution in [2.45, 2.75) is 45.5 Å². The summed E-state index contributed by atoms with van der Waals surface area (Å²) in [7, 11) is 1.19. The molecule has 10 heteroatoms. The number of cyclic esters (lactones) is 1. The Morgan fingerprint density at radius 1 is 1.09 bits per heavy atom. The number of aliphatic hydroxyl groups excluding tert-OH is 2. The Bertz CT molecular complexity index is 1010. The van der Waals surface area contributed by atoms with Crippen molar-refractivity contribution in [2.75, 3.05) is 20.3 Å². The average molecular weight is 491 g/mol. The lowest BCUT2D eigenvalue weighted by Crippen LogP contribution is -2.32. The number of benzene rings is 1. The van der Waals surface area contributed by atoms with Gasteiger partial charge in [-0.25, -0.2) is 9.59 Å². The topological polar surface area (TPSA) is 146 Å². The Morgan fingerprint density at radius 2 is 1.80 bits per heavy atom. The molecule has 0 unspecified atom stereocenters. The van der Waals surface area contributed by atoms with E-state index in [1.807, 2.05) is 0 Å². The molecule has 1 heterocycles. The Balaban J connectivity index is 2.60. The van der Waals surface area contributed by atoms with E-state index in [4.69, 9.17) is 14.2 Å². The van der Waals surface area contributed by atoms with E-state index in [1.165, 1.54) is 44.4 Å². The van der Waals surface area contributed by atoms with Gasteiger partial charge in [0.05, 0.1) is 13.2 Å². The summed E-state index contributed by atoms with van der Waals surface area (Å²) in [5.74, 6) is -2.64. The van der Waals surface area contributed by atoms with Gasteiger partial charge < -0.3 is 29.2 Å². The van der Waals surface area contributed by atoms with E-state index in [2.05, 4.69) is 4.74 Å². The van der Waals surface area contributed by atoms with Crippen molar-refractivity contribution in [3.8, 4) is 11.5 Å². The third-order valence-corrected chi connectivity index (χ3v) is 5.25. The Hall–Kier alpha value is -3.50. The normalized spacial score (nSPS) is 24.9. The molecule has 0 amide bonds. The summed E-state index contributed by atoms with van der Waals surface area (Å²) >= 11 is 0. The molecule has 0 aliphatic carbocycles. The minimum absolute atomic E-state index is 0.0217. The number of hydrogen-bond donors (Lipinski definition) is 2. The largest absolute Gasteiger partial charge is 0.486 e. The standard InChI is InChI=1S/C25H30O10/c1-14-8-9-20(28)24(30)19(27)7-5-6-17-10-18(33-12-15(2)26)11-21(34-13-22(29)32-4)23(17)25(31)35-16(14)3/h5-6,8-11,14,16,19,24,27,30H,7,12-13H2,1-4H3/b6-5+,9-8-/t14-,16+,19+,24+/m1/s1. The molecule has 190 valence electrons. The molecule has 0 fully saturated rings. The first-order valence-corrected chi connectivity index (χ1v) is 11.0. The van der Waals surface area contributed by atoms with Crippen molar-refractivity contribution in [3.63, 3.8) is 0 Å². The van der Waals surface area contributed by atoms with Crippen molar-refractivity contribution in [3.05, 3.63) is 41.5 Å². The highest BCUT2D eigenvalue weighted by atomic mass is 16.6. The maximum absolute atomic E-state index is 13.2. The molecule has 4 atom stereocenters. The molecule has 1 aliphatic rings. The van der Waals surface area contributed by atoms with E-state index >= 15 is 0 Å². The molecule has 2 rings (SSSR count). The lowest BCUT2D eigenvalue weighted by Gasteiger charge is -2.21. The van der Waals surface area contributed by atoms with Crippen molar-refractivity contribution >= 4 is 29.6 Å². The van der Waals surface area contributed by atoms with E-state index in [9.17, 15) is 29.4 Å². The van der Waals surface area contributed by atoms with E-state index < -0.39 is 48.6 Å². The fourth-order valence-corrected chi connectivity index (χ4v) is 3.03. The van der Waals surface area contributed by atoms with Gasteiger partial charge in [0, 0.05) is 12.0 Å². The number of fused-ring (bicyclic) bond motifs is 1. The second-order valence-corrected chi connectivity index (χ2v) is 8.12. The first kappa shape index (κ1) is 27.7. The first-order chi connectivity index (χ1) is 16.5. The summed E-state index contributed by atoms with van der Waals surface area (Å²) in [4.78, 5) is 48.4. The van der Waals surface area contributed by atoms with Crippen LogP contribution in [-0.2, 0) is 23.9 Å². The molecule has 0 aromatic heterocycles. The summed E-state index contributed by atoms with van der Waals surface area (Å²) in [6.07, 6.45) is 1.72. The van der Waals surface area contributed by atoms with Crippen LogP contribution < -0.4 is 9.47 Å². The zero-order valence-corrected chi connectivity index (χ0v) is 20.1. The van der Waals surface area contributed by atoms with E-state index in [0.29, 0.717) is 0 Å². The van der Waals surface area contributed by atoms with Crippen LogP contribution in [0.15, 0.2) is 30.4 Å². The highest BCUT2D eigenvalue weighted by Crippen LogP contribution is 2.32. The number of methoxy groups -OCH3 is 1. The number of rotatable bonds is 6. The van der Waals surface area contributed by atoms with Crippen molar-refractivity contribution < 1.29 is 48.3 Å². The molecular formula is C25H30O10. The van der Waals surface area contributed by atoms with E-state index in [1.54, 1.807) is 13.8 Å². The third kappa shape index (κ3) is 8.04. The predicted octanol–water partition coefficient (Wildman–Crippen LogP) is 1.65. The molecule has 10 nitrogen and oxygen atoms in total. The van der Waals surface area contributed by atoms with Crippen LogP contribution >= 0.6 is 0 Å². The van der Waals surface area contributed by atoms with Crippen LogP contribution in [-0.4, -0.2) is 72.4 Å². The van der Waals surface area contributed by atoms with Gasteiger partial charge in [-0.05, 0) is 38.0 Å². The average Bonchev–Trinajstić information content (AvgIpc) is 2.82. The summed E-state index contributed by atoms with van der Waals surface area (Å²) in [5, 5.41) is 20.3. The number of Topliss-reactive ketones (excluding diaryl/α,β-unsaturated/α-hetero) is 1. The lowest BCUT2D eigenvalue weighted by molar-refractivity contribution is -0.143. The Labute approximate surface area is 203 Å². The van der Waals surface area contributed by atoms with Crippen LogP contribution in [0.2, 0.25) is 0 Å². The maximum atomic E-state index is 13.2. The van der Waals surface area contributed by atoms with Crippen LogP contribution in [0.3, 0.4) is 0 Å². The van der Waals surface area contributed by atoms with Crippen LogP contribution in [0.25, 0.3) is 6.08 Å². The number of carbonyl (C=O) groups is 4. The van der Waals surface area contributed by atoms with Crippen molar-refractivity contribution in [2.24, 2.45) is 5.92 Å². The van der Waals surface area contributed by atoms with Crippen LogP contribution in [0.1, 0.15) is 43.1 Å². The third-order valence-electron chi connectivity index (χ3n) is 5.25. The monoisotopic (exact) mass is 490 g/mol. The molecule has 0 bridgehead atoms. The zero-order chi connectivity index (χ0) is 26.1. The molecule has 0 saturated heterocycles.